The summed E-state index contributed by atoms with van der Waals surface area (Å²) < 4.78 is 0.153. The number of aromatic amines is 1. The van der Waals surface area contributed by atoms with Crippen molar-refractivity contribution in [3.8, 4) is 0 Å². The average molecular weight is 283 g/mol. The minimum atomic E-state index is -0.506. The first-order chi connectivity index (χ1) is 8.87. The molecule has 6 nitrogen and oxygen atoms in total. The number of nitrogens with zero attached hydrogens (tertiary/aromatic N) is 2. The summed E-state index contributed by atoms with van der Waals surface area (Å²) in [6.07, 6.45) is 1.25. The number of aromatic nitrogens is 1. The molecule has 104 valence electrons. The molecule has 2 heterocycles. The van der Waals surface area contributed by atoms with Gasteiger partial charge >= 0.3 is 0 Å². The standard InChI is InChI=1S/C12H17N3O3S/c1-12(2)8-14(3-4-19-12)7-11(16)10-5-9(6-13-10)15(17)18/h5-6,13H,3-4,7-8H2,1-2H3. The molecule has 2 rings (SSSR count). The molecule has 1 saturated heterocycles. The van der Waals surface area contributed by atoms with Gasteiger partial charge in [-0.3, -0.25) is 19.8 Å². The van der Waals surface area contributed by atoms with Gasteiger partial charge in [-0.25, -0.2) is 0 Å². The Morgan fingerprint density at radius 3 is 2.95 bits per heavy atom. The number of carbonyl (C=O) groups excluding carboxylic acids is 1. The number of ketones is 1. The van der Waals surface area contributed by atoms with E-state index in [2.05, 4.69) is 23.7 Å². The van der Waals surface area contributed by atoms with Crippen molar-refractivity contribution in [1.82, 2.24) is 9.88 Å². The lowest BCUT2D eigenvalue weighted by Crippen LogP contribution is -2.45. The van der Waals surface area contributed by atoms with Crippen LogP contribution in [0.5, 0.6) is 0 Å². The summed E-state index contributed by atoms with van der Waals surface area (Å²) in [6, 6.07) is 1.30. The van der Waals surface area contributed by atoms with Crippen LogP contribution < -0.4 is 0 Å². The smallest absolute Gasteiger partial charge is 0.287 e. The van der Waals surface area contributed by atoms with E-state index in [4.69, 9.17) is 0 Å². The van der Waals surface area contributed by atoms with Gasteiger partial charge in [0, 0.05) is 29.7 Å². The number of Topliss-reactive ketones (excluding diaryl/α,β-unsaturated/α-hetero) is 1. The van der Waals surface area contributed by atoms with Crippen LogP contribution in [0, 0.1) is 10.1 Å². The fourth-order valence-electron chi connectivity index (χ4n) is 2.19. The Labute approximate surface area is 115 Å². The van der Waals surface area contributed by atoms with Crippen LogP contribution in [0.2, 0.25) is 0 Å². The molecule has 0 amide bonds. The number of rotatable bonds is 4. The molecule has 0 aliphatic carbocycles. The van der Waals surface area contributed by atoms with Crippen LogP contribution in [-0.4, -0.2) is 50.7 Å². The second-order valence-corrected chi connectivity index (χ2v) is 7.07. The molecule has 19 heavy (non-hydrogen) atoms. The highest BCUT2D eigenvalue weighted by Crippen LogP contribution is 2.29. The fourth-order valence-corrected chi connectivity index (χ4v) is 3.36. The Bertz CT molecular complexity index is 498. The molecule has 7 heteroatoms. The molecule has 0 atom stereocenters. The summed E-state index contributed by atoms with van der Waals surface area (Å²) >= 11 is 1.90. The maximum Gasteiger partial charge on any atom is 0.287 e. The van der Waals surface area contributed by atoms with E-state index in [1.54, 1.807) is 0 Å². The van der Waals surface area contributed by atoms with Crippen molar-refractivity contribution < 1.29 is 9.72 Å². The van der Waals surface area contributed by atoms with Crippen molar-refractivity contribution in [1.29, 1.82) is 0 Å². The van der Waals surface area contributed by atoms with Gasteiger partial charge in [0.1, 0.15) is 0 Å². The van der Waals surface area contributed by atoms with Gasteiger partial charge in [0.05, 0.1) is 23.4 Å². The van der Waals surface area contributed by atoms with Crippen LogP contribution in [0.4, 0.5) is 5.69 Å². The first-order valence-corrected chi connectivity index (χ1v) is 7.08. The Morgan fingerprint density at radius 1 is 1.63 bits per heavy atom. The molecule has 0 saturated carbocycles. The third-order valence-corrected chi connectivity index (χ3v) is 4.35. The van der Waals surface area contributed by atoms with Gasteiger partial charge in [-0.2, -0.15) is 11.8 Å². The number of nitrogens with one attached hydrogen (secondary N) is 1. The van der Waals surface area contributed by atoms with Crippen LogP contribution in [0.15, 0.2) is 12.3 Å². The van der Waals surface area contributed by atoms with Crippen molar-refractivity contribution in [3.63, 3.8) is 0 Å². The van der Waals surface area contributed by atoms with E-state index in [0.717, 1.165) is 18.8 Å². The molecule has 1 N–H and O–H groups in total. The number of carbonyl (C=O) groups is 1. The molecule has 1 aromatic heterocycles. The highest BCUT2D eigenvalue weighted by atomic mass is 32.2. The molecule has 0 bridgehead atoms. The molecule has 0 radical (unpaired) electrons. The zero-order chi connectivity index (χ0) is 14.0. The lowest BCUT2D eigenvalue weighted by Gasteiger charge is -2.37. The summed E-state index contributed by atoms with van der Waals surface area (Å²) in [5.41, 5.74) is 0.237. The second-order valence-electron chi connectivity index (χ2n) is 5.27. The number of hydrogen-bond acceptors (Lipinski definition) is 5. The Hall–Kier alpha value is -1.34. The third kappa shape index (κ3) is 3.57. The number of H-pyrrole nitrogens is 1. The predicted octanol–water partition coefficient (Wildman–Crippen LogP) is 1.93. The highest BCUT2D eigenvalue weighted by molar-refractivity contribution is 8.00. The topological polar surface area (TPSA) is 79.2 Å². The molecule has 0 aromatic carbocycles. The number of nitro groups is 1. The van der Waals surface area contributed by atoms with Gasteiger partial charge < -0.3 is 4.98 Å². The van der Waals surface area contributed by atoms with Crippen molar-refractivity contribution in [2.45, 2.75) is 18.6 Å². The van der Waals surface area contributed by atoms with Gasteiger partial charge in [0.15, 0.2) is 5.78 Å². The molecular weight excluding hydrogens is 266 g/mol. The van der Waals surface area contributed by atoms with Crippen LogP contribution >= 0.6 is 11.8 Å². The maximum absolute atomic E-state index is 12.1. The van der Waals surface area contributed by atoms with Crippen molar-refractivity contribution >= 4 is 23.2 Å². The van der Waals surface area contributed by atoms with E-state index in [1.165, 1.54) is 12.3 Å². The minimum absolute atomic E-state index is 0.0714. The first kappa shape index (κ1) is 14.1. The average Bonchev–Trinajstić information content (AvgIpc) is 2.76. The predicted molar refractivity (Wildman–Crippen MR) is 74.8 cm³/mol. The van der Waals surface area contributed by atoms with Gasteiger partial charge in [-0.05, 0) is 13.8 Å². The normalized spacial score (nSPS) is 19.3. The monoisotopic (exact) mass is 283 g/mol. The SMILES string of the molecule is CC1(C)CN(CC(=O)c2cc([N+](=O)[O-])c[nH]2)CCS1. The lowest BCUT2D eigenvalue weighted by molar-refractivity contribution is -0.384. The number of thioether (sulfide) groups is 1. The quantitative estimate of drug-likeness (QED) is 0.519. The molecule has 1 aliphatic rings. The van der Waals surface area contributed by atoms with E-state index in [1.807, 2.05) is 11.8 Å². The zero-order valence-corrected chi connectivity index (χ0v) is 11.8. The van der Waals surface area contributed by atoms with Gasteiger partial charge in [0.2, 0.25) is 0 Å². The lowest BCUT2D eigenvalue weighted by atomic mass is 10.1. The fraction of sp³-hybridized carbons (Fsp3) is 0.583. The van der Waals surface area contributed by atoms with Gasteiger partial charge in [-0.1, -0.05) is 0 Å². The van der Waals surface area contributed by atoms with Gasteiger partial charge in [-0.15, -0.1) is 0 Å². The third-order valence-electron chi connectivity index (χ3n) is 3.05. The van der Waals surface area contributed by atoms with Crippen molar-refractivity contribution in [2.75, 3.05) is 25.4 Å². The van der Waals surface area contributed by atoms with E-state index >= 15 is 0 Å². The van der Waals surface area contributed by atoms with Gasteiger partial charge in [0.25, 0.3) is 5.69 Å². The Balaban J connectivity index is 1.98. The number of hydrogen-bond donors (Lipinski definition) is 1. The van der Waals surface area contributed by atoms with E-state index in [0.29, 0.717) is 12.2 Å². The van der Waals surface area contributed by atoms with E-state index < -0.39 is 4.92 Å². The molecular formula is C12H17N3O3S. The second kappa shape index (κ2) is 5.34. The summed E-state index contributed by atoms with van der Waals surface area (Å²) in [6.45, 7) is 6.36. The van der Waals surface area contributed by atoms with E-state index in [9.17, 15) is 14.9 Å². The molecule has 0 unspecified atom stereocenters. The minimum Gasteiger partial charge on any atom is -0.353 e. The molecule has 1 aromatic rings. The molecule has 1 fully saturated rings. The van der Waals surface area contributed by atoms with Crippen LogP contribution in [0.1, 0.15) is 24.3 Å². The summed E-state index contributed by atoms with van der Waals surface area (Å²) in [7, 11) is 0. The van der Waals surface area contributed by atoms with Crippen LogP contribution in [0.3, 0.4) is 0 Å². The maximum atomic E-state index is 12.1. The summed E-state index contributed by atoms with van der Waals surface area (Å²) in [4.78, 5) is 26.9. The highest BCUT2D eigenvalue weighted by Gasteiger charge is 2.28. The Morgan fingerprint density at radius 2 is 2.37 bits per heavy atom. The largest absolute Gasteiger partial charge is 0.353 e. The van der Waals surface area contributed by atoms with Crippen molar-refractivity contribution in [3.05, 3.63) is 28.1 Å². The Kier molecular flexibility index (Phi) is 3.96. The molecule has 0 spiro atoms. The van der Waals surface area contributed by atoms with Crippen LogP contribution in [-0.2, 0) is 0 Å². The van der Waals surface area contributed by atoms with Crippen molar-refractivity contribution in [2.24, 2.45) is 0 Å². The zero-order valence-electron chi connectivity index (χ0n) is 11.0. The van der Waals surface area contributed by atoms with Crippen LogP contribution in [0.25, 0.3) is 0 Å². The molecule has 1 aliphatic heterocycles. The first-order valence-electron chi connectivity index (χ1n) is 6.10. The summed E-state index contributed by atoms with van der Waals surface area (Å²) in [5.74, 6) is 0.904. The van der Waals surface area contributed by atoms with E-state index in [-0.39, 0.29) is 16.2 Å². The summed E-state index contributed by atoms with van der Waals surface area (Å²) in [5, 5.41) is 10.6.